The number of nitrogens with zero attached hydrogens (tertiary/aromatic N) is 1. The van der Waals surface area contributed by atoms with Gasteiger partial charge in [-0.2, -0.15) is 0 Å². The third-order valence-corrected chi connectivity index (χ3v) is 3.65. The average Bonchev–Trinajstić information content (AvgIpc) is 2.53. The second kappa shape index (κ2) is 4.89. The summed E-state index contributed by atoms with van der Waals surface area (Å²) < 4.78 is 0. The van der Waals surface area contributed by atoms with Gasteiger partial charge in [-0.05, 0) is 20.3 Å². The fourth-order valence-electron chi connectivity index (χ4n) is 1.47. The van der Waals surface area contributed by atoms with E-state index in [1.165, 1.54) is 19.3 Å². The van der Waals surface area contributed by atoms with E-state index in [9.17, 15) is 0 Å². The maximum atomic E-state index is 6.24. The Morgan fingerprint density at radius 2 is 2.21 bits per heavy atom. The van der Waals surface area contributed by atoms with Crippen molar-refractivity contribution in [3.8, 4) is 0 Å². The summed E-state index contributed by atoms with van der Waals surface area (Å²) in [6.45, 7) is 6.31. The van der Waals surface area contributed by atoms with Crippen LogP contribution in [0.25, 0.3) is 0 Å². The van der Waals surface area contributed by atoms with Gasteiger partial charge in [-0.3, -0.25) is 0 Å². The lowest BCUT2D eigenvalue weighted by Gasteiger charge is -2.21. The number of thiazole rings is 1. The van der Waals surface area contributed by atoms with Crippen molar-refractivity contribution in [3.63, 3.8) is 0 Å². The third-order valence-electron chi connectivity index (χ3n) is 2.41. The molecule has 2 nitrogen and oxygen atoms in total. The largest absolute Gasteiger partial charge is 0.320 e. The molecule has 0 saturated carbocycles. The van der Waals surface area contributed by atoms with Gasteiger partial charge in [-0.15, -0.1) is 11.3 Å². The van der Waals surface area contributed by atoms with E-state index in [1.807, 2.05) is 6.92 Å². The molecule has 0 amide bonds. The Morgan fingerprint density at radius 1 is 1.50 bits per heavy atom. The normalized spacial score (nSPS) is 15.4. The number of hydrogen-bond acceptors (Lipinski definition) is 3. The van der Waals surface area contributed by atoms with Crippen LogP contribution in [0.2, 0.25) is 0 Å². The molecule has 80 valence electrons. The molecule has 1 aromatic rings. The molecule has 1 rings (SSSR count). The summed E-state index contributed by atoms with van der Waals surface area (Å²) in [6, 6.07) is 0. The molecule has 1 atom stereocenters. The quantitative estimate of drug-likeness (QED) is 0.761. The van der Waals surface area contributed by atoms with Gasteiger partial charge in [0.1, 0.15) is 5.01 Å². The van der Waals surface area contributed by atoms with E-state index in [4.69, 9.17) is 5.73 Å². The summed E-state index contributed by atoms with van der Waals surface area (Å²) in [7, 11) is 0. The summed E-state index contributed by atoms with van der Waals surface area (Å²) in [5.41, 5.74) is 7.09. The van der Waals surface area contributed by atoms with Gasteiger partial charge in [0.05, 0.1) is 5.54 Å². The van der Waals surface area contributed by atoms with Crippen LogP contribution in [-0.4, -0.2) is 4.98 Å². The lowest BCUT2D eigenvalue weighted by atomic mass is 9.96. The Morgan fingerprint density at radius 3 is 2.71 bits per heavy atom. The lowest BCUT2D eigenvalue weighted by molar-refractivity contribution is 0.425. The highest BCUT2D eigenvalue weighted by atomic mass is 32.1. The zero-order valence-corrected chi connectivity index (χ0v) is 10.2. The van der Waals surface area contributed by atoms with Crippen LogP contribution < -0.4 is 5.73 Å². The predicted octanol–water partition coefficient (Wildman–Crippen LogP) is 3.21. The van der Waals surface area contributed by atoms with Crippen LogP contribution in [0.4, 0.5) is 0 Å². The Hall–Kier alpha value is -0.410. The molecule has 0 aliphatic rings. The first-order chi connectivity index (χ1) is 6.56. The second-order valence-electron chi connectivity index (χ2n) is 4.17. The summed E-state index contributed by atoms with van der Waals surface area (Å²) in [4.78, 5) is 4.45. The Balaban J connectivity index is 2.56. The molecule has 0 bridgehead atoms. The maximum Gasteiger partial charge on any atom is 0.112 e. The number of unbranched alkanes of at least 4 members (excludes halogenated alkanes) is 2. The number of aromatic nitrogens is 1. The molecule has 0 fully saturated rings. The molecule has 1 aromatic heterocycles. The van der Waals surface area contributed by atoms with Gasteiger partial charge in [0.15, 0.2) is 0 Å². The van der Waals surface area contributed by atoms with Crippen molar-refractivity contribution in [2.45, 2.75) is 52.0 Å². The zero-order chi connectivity index (χ0) is 10.6. The molecule has 3 heteroatoms. The second-order valence-corrected chi connectivity index (χ2v) is 5.03. The molecular formula is C11H20N2S. The predicted molar refractivity (Wildman–Crippen MR) is 62.5 cm³/mol. The SMILES string of the molecule is CCCCCC(C)(N)c1nc(C)cs1. The molecule has 1 unspecified atom stereocenters. The van der Waals surface area contributed by atoms with Gasteiger partial charge in [-0.25, -0.2) is 4.98 Å². The van der Waals surface area contributed by atoms with Crippen molar-refractivity contribution < 1.29 is 0 Å². The lowest BCUT2D eigenvalue weighted by Crippen LogP contribution is -2.32. The highest BCUT2D eigenvalue weighted by Crippen LogP contribution is 2.26. The molecular weight excluding hydrogens is 192 g/mol. The van der Waals surface area contributed by atoms with Crippen molar-refractivity contribution in [3.05, 3.63) is 16.1 Å². The standard InChI is InChI=1S/C11H20N2S/c1-4-5-6-7-11(3,12)10-13-9(2)8-14-10/h8H,4-7,12H2,1-3H3. The maximum absolute atomic E-state index is 6.24. The molecule has 0 radical (unpaired) electrons. The molecule has 14 heavy (non-hydrogen) atoms. The van der Waals surface area contributed by atoms with Gasteiger partial charge in [0.25, 0.3) is 0 Å². The van der Waals surface area contributed by atoms with E-state index in [0.717, 1.165) is 17.1 Å². The highest BCUT2D eigenvalue weighted by Gasteiger charge is 2.23. The summed E-state index contributed by atoms with van der Waals surface area (Å²) in [6.07, 6.45) is 4.74. The van der Waals surface area contributed by atoms with E-state index >= 15 is 0 Å². The smallest absolute Gasteiger partial charge is 0.112 e. The van der Waals surface area contributed by atoms with Gasteiger partial charge in [0.2, 0.25) is 0 Å². The fraction of sp³-hybridized carbons (Fsp3) is 0.727. The van der Waals surface area contributed by atoms with Crippen LogP contribution in [-0.2, 0) is 5.54 Å². The summed E-state index contributed by atoms with van der Waals surface area (Å²) >= 11 is 1.68. The third kappa shape index (κ3) is 3.07. The molecule has 1 heterocycles. The monoisotopic (exact) mass is 212 g/mol. The molecule has 0 aromatic carbocycles. The van der Waals surface area contributed by atoms with Crippen molar-refractivity contribution in [2.24, 2.45) is 5.73 Å². The molecule has 2 N–H and O–H groups in total. The topological polar surface area (TPSA) is 38.9 Å². The van der Waals surface area contributed by atoms with Crippen molar-refractivity contribution in [1.29, 1.82) is 0 Å². The molecule has 0 spiro atoms. The number of aryl methyl sites for hydroxylation is 1. The van der Waals surface area contributed by atoms with E-state index in [2.05, 4.69) is 24.2 Å². The van der Waals surface area contributed by atoms with E-state index in [1.54, 1.807) is 11.3 Å². The summed E-state index contributed by atoms with van der Waals surface area (Å²) in [5.74, 6) is 0. The average molecular weight is 212 g/mol. The Kier molecular flexibility index (Phi) is 4.08. The van der Waals surface area contributed by atoms with Crippen LogP contribution >= 0.6 is 11.3 Å². The number of nitrogens with two attached hydrogens (primary N) is 1. The molecule has 0 aliphatic heterocycles. The zero-order valence-electron chi connectivity index (χ0n) is 9.34. The Labute approximate surface area is 90.6 Å². The minimum Gasteiger partial charge on any atom is -0.320 e. The first-order valence-corrected chi connectivity index (χ1v) is 6.15. The Bertz CT molecular complexity index is 279. The first kappa shape index (κ1) is 11.7. The first-order valence-electron chi connectivity index (χ1n) is 5.28. The van der Waals surface area contributed by atoms with Crippen LogP contribution in [0, 0.1) is 6.92 Å². The van der Waals surface area contributed by atoms with Crippen LogP contribution in [0.3, 0.4) is 0 Å². The van der Waals surface area contributed by atoms with Crippen molar-refractivity contribution in [1.82, 2.24) is 4.98 Å². The highest BCUT2D eigenvalue weighted by molar-refractivity contribution is 7.09. The van der Waals surface area contributed by atoms with Gasteiger partial charge < -0.3 is 5.73 Å². The van der Waals surface area contributed by atoms with Crippen LogP contribution in [0.1, 0.15) is 50.2 Å². The number of rotatable bonds is 5. The summed E-state index contributed by atoms with van der Waals surface area (Å²) in [5, 5.41) is 3.14. The van der Waals surface area contributed by atoms with Gasteiger partial charge in [-0.1, -0.05) is 26.2 Å². The number of hydrogen-bond donors (Lipinski definition) is 1. The van der Waals surface area contributed by atoms with E-state index < -0.39 is 0 Å². The van der Waals surface area contributed by atoms with Crippen molar-refractivity contribution >= 4 is 11.3 Å². The minimum absolute atomic E-state index is 0.228. The van der Waals surface area contributed by atoms with E-state index in [-0.39, 0.29) is 5.54 Å². The van der Waals surface area contributed by atoms with E-state index in [0.29, 0.717) is 0 Å². The molecule has 0 aliphatic carbocycles. The van der Waals surface area contributed by atoms with Crippen LogP contribution in [0.15, 0.2) is 5.38 Å². The minimum atomic E-state index is -0.228. The molecule has 0 saturated heterocycles. The van der Waals surface area contributed by atoms with Crippen LogP contribution in [0.5, 0.6) is 0 Å². The fourth-order valence-corrected chi connectivity index (χ4v) is 2.37. The van der Waals surface area contributed by atoms with Crippen molar-refractivity contribution in [2.75, 3.05) is 0 Å². The van der Waals surface area contributed by atoms with Gasteiger partial charge >= 0.3 is 0 Å². The van der Waals surface area contributed by atoms with Gasteiger partial charge in [0, 0.05) is 11.1 Å².